The molecule has 0 aromatic heterocycles. The molecule has 2 atom stereocenters. The largest absolute Gasteiger partial charge is 0.443 e. The molecule has 4 nitrogen and oxygen atoms in total. The lowest BCUT2D eigenvalue weighted by Crippen LogP contribution is -2.38. The van der Waals surface area contributed by atoms with Crippen LogP contribution in [0.25, 0.3) is 0 Å². The Morgan fingerprint density at radius 3 is 2.40 bits per heavy atom. The van der Waals surface area contributed by atoms with E-state index in [1.54, 1.807) is 20.8 Å². The second-order valence-corrected chi connectivity index (χ2v) is 5.37. The Morgan fingerprint density at radius 2 is 2.07 bits per heavy atom. The molecule has 15 heavy (non-hydrogen) atoms. The van der Waals surface area contributed by atoms with Crippen molar-refractivity contribution in [3.05, 3.63) is 0 Å². The molecule has 2 rings (SSSR count). The molecule has 0 aromatic rings. The van der Waals surface area contributed by atoms with Crippen LogP contribution in [0.15, 0.2) is 0 Å². The molecule has 2 fully saturated rings. The maximum atomic E-state index is 11.7. The first-order chi connectivity index (χ1) is 6.88. The minimum absolute atomic E-state index is 0.0412. The van der Waals surface area contributed by atoms with E-state index in [1.165, 1.54) is 4.90 Å². The van der Waals surface area contributed by atoms with Gasteiger partial charge in [-0.25, -0.2) is 9.69 Å². The fourth-order valence-electron chi connectivity index (χ4n) is 2.12. The zero-order chi connectivity index (χ0) is 11.2. The molecule has 0 radical (unpaired) electrons. The van der Waals surface area contributed by atoms with Crippen LogP contribution in [0.1, 0.15) is 33.6 Å². The SMILES string of the molecule is CC(C)(C)OC(=O)N1C[C@H]2CC[C@H]2C1=O. The molecular weight excluding hydrogens is 194 g/mol. The van der Waals surface area contributed by atoms with Crippen LogP contribution >= 0.6 is 0 Å². The summed E-state index contributed by atoms with van der Waals surface area (Å²) in [6, 6.07) is 0. The highest BCUT2D eigenvalue weighted by molar-refractivity contribution is 5.95. The Bertz CT molecular complexity index is 305. The Labute approximate surface area is 89.6 Å². The Morgan fingerprint density at radius 1 is 1.40 bits per heavy atom. The van der Waals surface area contributed by atoms with Gasteiger partial charge in [0, 0.05) is 12.5 Å². The molecular formula is C11H17NO3. The van der Waals surface area contributed by atoms with Gasteiger partial charge in [0.2, 0.25) is 5.91 Å². The Balaban J connectivity index is 2.00. The predicted octanol–water partition coefficient (Wildman–Crippen LogP) is 1.79. The van der Waals surface area contributed by atoms with Crippen molar-refractivity contribution in [2.24, 2.45) is 11.8 Å². The van der Waals surface area contributed by atoms with E-state index in [2.05, 4.69) is 0 Å². The van der Waals surface area contributed by atoms with Crippen molar-refractivity contribution in [2.45, 2.75) is 39.2 Å². The summed E-state index contributed by atoms with van der Waals surface area (Å²) in [5.74, 6) is 0.447. The molecule has 0 bridgehead atoms. The number of fused-ring (bicyclic) bond motifs is 1. The predicted molar refractivity (Wildman–Crippen MR) is 54.2 cm³/mol. The molecule has 0 spiro atoms. The molecule has 4 heteroatoms. The van der Waals surface area contributed by atoms with Crippen LogP contribution in [0.4, 0.5) is 4.79 Å². The van der Waals surface area contributed by atoms with Crippen LogP contribution in [-0.2, 0) is 9.53 Å². The molecule has 0 N–H and O–H groups in total. The van der Waals surface area contributed by atoms with Gasteiger partial charge >= 0.3 is 6.09 Å². The summed E-state index contributed by atoms with van der Waals surface area (Å²) in [7, 11) is 0. The third-order valence-corrected chi connectivity index (χ3v) is 3.03. The molecule has 1 aliphatic carbocycles. The Kier molecular flexibility index (Phi) is 2.24. The topological polar surface area (TPSA) is 46.6 Å². The van der Waals surface area contributed by atoms with Gasteiger partial charge in [-0.1, -0.05) is 0 Å². The number of nitrogens with zero attached hydrogens (tertiary/aromatic N) is 1. The maximum Gasteiger partial charge on any atom is 0.417 e. The zero-order valence-corrected chi connectivity index (χ0v) is 9.45. The number of carbonyl (C=O) groups excluding carboxylic acids is 2. The summed E-state index contributed by atoms with van der Waals surface area (Å²) in [6.07, 6.45) is 1.51. The van der Waals surface area contributed by atoms with Crippen LogP contribution in [-0.4, -0.2) is 29.0 Å². The van der Waals surface area contributed by atoms with E-state index < -0.39 is 11.7 Å². The third kappa shape index (κ3) is 1.85. The number of hydrogen-bond acceptors (Lipinski definition) is 3. The van der Waals surface area contributed by atoms with Crippen LogP contribution in [0.5, 0.6) is 0 Å². The minimum atomic E-state index is -0.529. The normalized spacial score (nSPS) is 29.8. The molecule has 1 saturated carbocycles. The van der Waals surface area contributed by atoms with Crippen LogP contribution in [0.2, 0.25) is 0 Å². The van der Waals surface area contributed by atoms with E-state index in [-0.39, 0.29) is 11.8 Å². The van der Waals surface area contributed by atoms with Gasteiger partial charge in [0.15, 0.2) is 0 Å². The number of rotatable bonds is 0. The zero-order valence-electron chi connectivity index (χ0n) is 9.45. The number of carbonyl (C=O) groups is 2. The summed E-state index contributed by atoms with van der Waals surface area (Å²) < 4.78 is 5.18. The van der Waals surface area contributed by atoms with Crippen LogP contribution < -0.4 is 0 Å². The lowest BCUT2D eigenvalue weighted by Gasteiger charge is -2.25. The number of amides is 2. The first-order valence-electron chi connectivity index (χ1n) is 5.43. The van der Waals surface area contributed by atoms with Gasteiger partial charge in [-0.2, -0.15) is 0 Å². The minimum Gasteiger partial charge on any atom is -0.443 e. The molecule has 2 aliphatic rings. The van der Waals surface area contributed by atoms with Gasteiger partial charge in [-0.05, 0) is 39.5 Å². The molecule has 1 saturated heterocycles. The molecule has 0 aromatic carbocycles. The van der Waals surface area contributed by atoms with E-state index >= 15 is 0 Å². The summed E-state index contributed by atoms with van der Waals surface area (Å²) in [5, 5.41) is 0. The molecule has 84 valence electrons. The number of imide groups is 1. The average molecular weight is 211 g/mol. The number of hydrogen-bond donors (Lipinski definition) is 0. The molecule has 0 unspecified atom stereocenters. The van der Waals surface area contributed by atoms with Gasteiger partial charge in [-0.3, -0.25) is 4.79 Å². The monoisotopic (exact) mass is 211 g/mol. The molecule has 2 amide bonds. The third-order valence-electron chi connectivity index (χ3n) is 3.03. The number of likely N-dealkylation sites (tertiary alicyclic amines) is 1. The van der Waals surface area contributed by atoms with Gasteiger partial charge in [0.25, 0.3) is 0 Å². The van der Waals surface area contributed by atoms with Gasteiger partial charge in [0.1, 0.15) is 5.60 Å². The van der Waals surface area contributed by atoms with E-state index in [1.807, 2.05) is 0 Å². The van der Waals surface area contributed by atoms with Crippen molar-refractivity contribution >= 4 is 12.0 Å². The van der Waals surface area contributed by atoms with E-state index in [0.717, 1.165) is 12.8 Å². The second-order valence-electron chi connectivity index (χ2n) is 5.37. The summed E-state index contributed by atoms with van der Waals surface area (Å²) in [4.78, 5) is 24.7. The standard InChI is InChI=1S/C11H17NO3/c1-11(2,3)15-10(14)12-6-7-4-5-8(7)9(12)13/h7-8H,4-6H2,1-3H3/t7-,8-/m1/s1. The first-order valence-corrected chi connectivity index (χ1v) is 5.43. The summed E-state index contributed by atoms with van der Waals surface area (Å²) in [5.41, 5.74) is -0.529. The molecule has 1 aliphatic heterocycles. The van der Waals surface area contributed by atoms with Crippen molar-refractivity contribution in [3.8, 4) is 0 Å². The highest BCUT2D eigenvalue weighted by Crippen LogP contribution is 2.41. The highest BCUT2D eigenvalue weighted by atomic mass is 16.6. The second kappa shape index (κ2) is 3.22. The lowest BCUT2D eigenvalue weighted by molar-refractivity contribution is -0.131. The van der Waals surface area contributed by atoms with Gasteiger partial charge in [0.05, 0.1) is 0 Å². The summed E-state index contributed by atoms with van der Waals surface area (Å²) >= 11 is 0. The van der Waals surface area contributed by atoms with Gasteiger partial charge in [-0.15, -0.1) is 0 Å². The van der Waals surface area contributed by atoms with Crippen molar-refractivity contribution in [2.75, 3.05) is 6.54 Å². The fourth-order valence-corrected chi connectivity index (χ4v) is 2.12. The highest BCUT2D eigenvalue weighted by Gasteiger charge is 2.49. The first kappa shape index (κ1) is 10.5. The van der Waals surface area contributed by atoms with Crippen molar-refractivity contribution < 1.29 is 14.3 Å². The van der Waals surface area contributed by atoms with Crippen molar-refractivity contribution in [1.82, 2.24) is 4.90 Å². The average Bonchev–Trinajstić information content (AvgIpc) is 2.18. The quantitative estimate of drug-likeness (QED) is 0.613. The van der Waals surface area contributed by atoms with Crippen molar-refractivity contribution in [1.29, 1.82) is 0 Å². The van der Waals surface area contributed by atoms with E-state index in [4.69, 9.17) is 4.74 Å². The molecule has 1 heterocycles. The smallest absolute Gasteiger partial charge is 0.417 e. The van der Waals surface area contributed by atoms with Crippen molar-refractivity contribution in [3.63, 3.8) is 0 Å². The van der Waals surface area contributed by atoms with Gasteiger partial charge < -0.3 is 4.74 Å². The van der Waals surface area contributed by atoms with E-state index in [9.17, 15) is 9.59 Å². The fraction of sp³-hybridized carbons (Fsp3) is 0.818. The van der Waals surface area contributed by atoms with E-state index in [0.29, 0.717) is 12.5 Å². The number of ether oxygens (including phenoxy) is 1. The van der Waals surface area contributed by atoms with Crippen LogP contribution in [0.3, 0.4) is 0 Å². The summed E-state index contributed by atoms with van der Waals surface area (Å²) in [6.45, 7) is 5.97. The maximum absolute atomic E-state index is 11.7. The van der Waals surface area contributed by atoms with Crippen LogP contribution in [0, 0.1) is 11.8 Å². The Hall–Kier alpha value is -1.06. The lowest BCUT2D eigenvalue weighted by atomic mass is 9.76.